The van der Waals surface area contributed by atoms with Crippen molar-refractivity contribution < 1.29 is 4.74 Å². The molecule has 0 saturated carbocycles. The molecule has 5 rings (SSSR count). The van der Waals surface area contributed by atoms with Crippen molar-refractivity contribution in [2.24, 2.45) is 5.92 Å². The molecule has 0 aliphatic carbocycles. The highest BCUT2D eigenvalue weighted by Gasteiger charge is 2.20. The topological polar surface area (TPSA) is 74.8 Å². The number of hydrogen-bond donors (Lipinski definition) is 0. The maximum atomic E-state index is 13.5. The highest BCUT2D eigenvalue weighted by atomic mass is 16.5. The van der Waals surface area contributed by atoms with Crippen molar-refractivity contribution in [1.29, 1.82) is 0 Å². The Morgan fingerprint density at radius 1 is 0.968 bits per heavy atom. The van der Waals surface area contributed by atoms with E-state index in [1.807, 2.05) is 53.1 Å². The minimum atomic E-state index is -0.0903. The van der Waals surface area contributed by atoms with Crippen LogP contribution in [-0.4, -0.2) is 31.2 Å². The molecule has 0 saturated heterocycles. The summed E-state index contributed by atoms with van der Waals surface area (Å²) in [6, 6.07) is 15.3. The van der Waals surface area contributed by atoms with E-state index in [-0.39, 0.29) is 5.56 Å². The van der Waals surface area contributed by atoms with E-state index >= 15 is 0 Å². The Morgan fingerprint density at radius 2 is 1.68 bits per heavy atom. The average molecular weight is 413 g/mol. The van der Waals surface area contributed by atoms with Gasteiger partial charge in [-0.1, -0.05) is 26.0 Å². The fraction of sp³-hybridized carbons (Fsp3) is 0.250. The number of fused-ring (bicyclic) bond motifs is 4. The summed E-state index contributed by atoms with van der Waals surface area (Å²) in [6.45, 7) is 4.91. The zero-order valence-electron chi connectivity index (χ0n) is 17.7. The lowest BCUT2D eigenvalue weighted by atomic mass is 10.1. The van der Waals surface area contributed by atoms with E-state index in [0.717, 1.165) is 28.9 Å². The lowest BCUT2D eigenvalue weighted by molar-refractivity contribution is 0.415. The van der Waals surface area contributed by atoms with Gasteiger partial charge in [0.05, 0.1) is 24.5 Å². The molecule has 5 aromatic rings. The molecular weight excluding hydrogens is 390 g/mol. The number of ether oxygens (including phenoxy) is 1. The Labute approximate surface area is 179 Å². The van der Waals surface area contributed by atoms with Crippen molar-refractivity contribution in [2.45, 2.75) is 26.8 Å². The smallest absolute Gasteiger partial charge is 0.265 e. The third-order valence-electron chi connectivity index (χ3n) is 5.51. The van der Waals surface area contributed by atoms with Crippen molar-refractivity contribution in [2.75, 3.05) is 7.11 Å². The number of benzene rings is 2. The van der Waals surface area contributed by atoms with Crippen LogP contribution in [0.4, 0.5) is 0 Å². The van der Waals surface area contributed by atoms with Gasteiger partial charge in [0.2, 0.25) is 0 Å². The number of nitrogens with zero attached hydrogens (tertiary/aromatic N) is 5. The van der Waals surface area contributed by atoms with Crippen molar-refractivity contribution in [3.8, 4) is 11.4 Å². The number of hydrogen-bond acceptors (Lipinski definition) is 5. The standard InChI is InChI=1S/C24H23N5O2/c1-15(2)12-13-28-14-25-22-20(24(28)30)21-23(27-19-7-5-4-6-18(19)26-21)29(22)16-8-10-17(31-3)11-9-16/h4-11,14-15H,12-13H2,1-3H3. The highest BCUT2D eigenvalue weighted by molar-refractivity contribution is 6.05. The Bertz CT molecular complexity index is 1470. The second-order valence-electron chi connectivity index (χ2n) is 8.04. The summed E-state index contributed by atoms with van der Waals surface area (Å²) in [5.41, 5.74) is 4.02. The second kappa shape index (κ2) is 7.50. The van der Waals surface area contributed by atoms with Gasteiger partial charge in [0.15, 0.2) is 11.3 Å². The lowest BCUT2D eigenvalue weighted by Crippen LogP contribution is -2.21. The number of para-hydroxylation sites is 2. The second-order valence-corrected chi connectivity index (χ2v) is 8.04. The van der Waals surface area contributed by atoms with Crippen LogP contribution in [0.3, 0.4) is 0 Å². The van der Waals surface area contributed by atoms with Crippen molar-refractivity contribution in [3.63, 3.8) is 0 Å². The van der Waals surface area contributed by atoms with Crippen molar-refractivity contribution >= 4 is 33.2 Å². The molecule has 7 heteroatoms. The predicted octanol–water partition coefficient (Wildman–Crippen LogP) is 4.34. The number of aryl methyl sites for hydroxylation is 1. The zero-order chi connectivity index (χ0) is 21.5. The summed E-state index contributed by atoms with van der Waals surface area (Å²) in [7, 11) is 1.63. The largest absolute Gasteiger partial charge is 0.497 e. The van der Waals surface area contributed by atoms with E-state index in [4.69, 9.17) is 14.7 Å². The monoisotopic (exact) mass is 413 g/mol. The molecule has 31 heavy (non-hydrogen) atoms. The molecule has 0 unspecified atom stereocenters. The van der Waals surface area contributed by atoms with Crippen LogP contribution in [0.5, 0.6) is 5.75 Å². The van der Waals surface area contributed by atoms with Gasteiger partial charge in [-0.15, -0.1) is 0 Å². The summed E-state index contributed by atoms with van der Waals surface area (Å²) >= 11 is 0. The summed E-state index contributed by atoms with van der Waals surface area (Å²) in [4.78, 5) is 27.8. The predicted molar refractivity (Wildman–Crippen MR) is 122 cm³/mol. The quantitative estimate of drug-likeness (QED) is 0.428. The molecule has 7 nitrogen and oxygen atoms in total. The third-order valence-corrected chi connectivity index (χ3v) is 5.51. The molecule has 0 aliphatic rings. The molecule has 3 heterocycles. The van der Waals surface area contributed by atoms with Crippen LogP contribution < -0.4 is 10.3 Å². The highest BCUT2D eigenvalue weighted by Crippen LogP contribution is 2.29. The molecule has 0 bridgehead atoms. The lowest BCUT2D eigenvalue weighted by Gasteiger charge is -2.09. The number of rotatable bonds is 5. The fourth-order valence-corrected chi connectivity index (χ4v) is 3.80. The molecule has 0 spiro atoms. The normalized spacial score (nSPS) is 11.7. The molecule has 156 valence electrons. The van der Waals surface area contributed by atoms with Crippen LogP contribution in [0.1, 0.15) is 20.3 Å². The molecule has 3 aromatic heterocycles. The molecule has 0 aliphatic heterocycles. The van der Waals surface area contributed by atoms with Gasteiger partial charge in [-0.3, -0.25) is 13.9 Å². The number of methoxy groups -OCH3 is 1. The fourth-order valence-electron chi connectivity index (χ4n) is 3.80. The summed E-state index contributed by atoms with van der Waals surface area (Å²) in [5.74, 6) is 1.25. The molecule has 0 fully saturated rings. The van der Waals surface area contributed by atoms with E-state index in [9.17, 15) is 4.79 Å². The van der Waals surface area contributed by atoms with Gasteiger partial charge in [-0.05, 0) is 48.7 Å². The van der Waals surface area contributed by atoms with Crippen LogP contribution in [-0.2, 0) is 6.54 Å². The minimum Gasteiger partial charge on any atom is -0.497 e. The van der Waals surface area contributed by atoms with E-state index in [1.54, 1.807) is 18.0 Å². The zero-order valence-corrected chi connectivity index (χ0v) is 17.7. The Hall–Kier alpha value is -3.74. The van der Waals surface area contributed by atoms with Gasteiger partial charge >= 0.3 is 0 Å². The van der Waals surface area contributed by atoms with Gasteiger partial charge in [0.1, 0.15) is 16.7 Å². The first-order valence-corrected chi connectivity index (χ1v) is 10.4. The van der Waals surface area contributed by atoms with E-state index in [2.05, 4.69) is 18.8 Å². The van der Waals surface area contributed by atoms with Gasteiger partial charge in [0, 0.05) is 12.2 Å². The average Bonchev–Trinajstić information content (AvgIpc) is 3.11. The van der Waals surface area contributed by atoms with Gasteiger partial charge in [-0.25, -0.2) is 15.0 Å². The molecule has 0 atom stereocenters. The summed E-state index contributed by atoms with van der Waals surface area (Å²) in [6.07, 6.45) is 2.53. The van der Waals surface area contributed by atoms with Gasteiger partial charge in [-0.2, -0.15) is 0 Å². The van der Waals surface area contributed by atoms with E-state index < -0.39 is 0 Å². The van der Waals surface area contributed by atoms with Crippen LogP contribution in [0.25, 0.3) is 38.9 Å². The summed E-state index contributed by atoms with van der Waals surface area (Å²) < 4.78 is 8.87. The SMILES string of the molecule is COc1ccc(-n2c3nc4ccccc4nc3c3c(=O)n(CCC(C)C)cnc32)cc1. The van der Waals surface area contributed by atoms with Crippen molar-refractivity contribution in [1.82, 2.24) is 24.1 Å². The van der Waals surface area contributed by atoms with Crippen LogP contribution in [0, 0.1) is 5.92 Å². The van der Waals surface area contributed by atoms with Crippen LogP contribution in [0.2, 0.25) is 0 Å². The first-order chi connectivity index (χ1) is 15.1. The first-order valence-electron chi connectivity index (χ1n) is 10.4. The molecule has 0 radical (unpaired) electrons. The minimum absolute atomic E-state index is 0.0903. The Balaban J connectivity index is 1.86. The van der Waals surface area contributed by atoms with E-state index in [0.29, 0.717) is 34.7 Å². The Kier molecular flexibility index (Phi) is 4.66. The van der Waals surface area contributed by atoms with E-state index in [1.165, 1.54) is 0 Å². The van der Waals surface area contributed by atoms with Gasteiger partial charge < -0.3 is 4.74 Å². The van der Waals surface area contributed by atoms with Crippen LogP contribution >= 0.6 is 0 Å². The maximum absolute atomic E-state index is 13.5. The molecule has 0 amide bonds. The van der Waals surface area contributed by atoms with Gasteiger partial charge in [0.25, 0.3) is 5.56 Å². The first kappa shape index (κ1) is 19.2. The third kappa shape index (κ3) is 3.22. The maximum Gasteiger partial charge on any atom is 0.265 e. The Morgan fingerprint density at radius 3 is 2.35 bits per heavy atom. The molecule has 0 N–H and O–H groups in total. The van der Waals surface area contributed by atoms with Crippen LogP contribution in [0.15, 0.2) is 59.7 Å². The summed E-state index contributed by atoms with van der Waals surface area (Å²) in [5, 5.41) is 0.496. The molecular formula is C24H23N5O2. The van der Waals surface area contributed by atoms with Crippen molar-refractivity contribution in [3.05, 3.63) is 65.2 Å². The molecule has 2 aromatic carbocycles. The number of aromatic nitrogens is 5.